The molecular weight excluding hydrogens is 486 g/mol. The predicted molar refractivity (Wildman–Crippen MR) is 139 cm³/mol. The zero-order chi connectivity index (χ0) is 26.5. The summed E-state index contributed by atoms with van der Waals surface area (Å²) in [6, 6.07) is 17.4. The Morgan fingerprint density at radius 1 is 1.16 bits per heavy atom. The number of nitrogens with zero attached hydrogens (tertiary/aromatic N) is 4. The minimum absolute atomic E-state index is 0.0437. The molecule has 0 bridgehead atoms. The van der Waals surface area contributed by atoms with Crippen molar-refractivity contribution in [2.75, 3.05) is 20.3 Å². The maximum absolute atomic E-state index is 14.0. The quantitative estimate of drug-likeness (QED) is 0.343. The molecule has 0 spiro atoms. The van der Waals surface area contributed by atoms with Crippen molar-refractivity contribution in [2.24, 2.45) is 0 Å². The summed E-state index contributed by atoms with van der Waals surface area (Å²) < 4.78 is 18.7. The van der Waals surface area contributed by atoms with Crippen LogP contribution >= 0.6 is 0 Å². The standard InChI is InChI=1S/C28H31N5O5/c1-19-13-14-25(38-19)27(28(35)29-16-21-9-7-15-37-21)32(17-20-8-3-6-12-24(20)36-2)26(34)18-33-23-11-5-4-10-22(23)30-31-33/h3-6,8,10-14,21,27H,7,9,15-18H2,1-2H3,(H,29,35). The second kappa shape index (κ2) is 11.5. The zero-order valence-corrected chi connectivity index (χ0v) is 21.5. The number of amides is 2. The molecule has 1 fully saturated rings. The van der Waals surface area contributed by atoms with E-state index in [-0.39, 0.29) is 31.0 Å². The number of rotatable bonds is 10. The maximum atomic E-state index is 14.0. The minimum Gasteiger partial charge on any atom is -0.496 e. The van der Waals surface area contributed by atoms with Gasteiger partial charge in [0.1, 0.15) is 29.3 Å². The molecule has 3 heterocycles. The van der Waals surface area contributed by atoms with Crippen LogP contribution in [0.15, 0.2) is 65.1 Å². The van der Waals surface area contributed by atoms with Crippen LogP contribution < -0.4 is 10.1 Å². The summed E-state index contributed by atoms with van der Waals surface area (Å²) in [5.74, 6) is 0.966. The lowest BCUT2D eigenvalue weighted by Crippen LogP contribution is -2.46. The first-order valence-corrected chi connectivity index (χ1v) is 12.7. The monoisotopic (exact) mass is 517 g/mol. The molecule has 2 aromatic carbocycles. The number of furan rings is 1. The Bertz CT molecular complexity index is 1410. The van der Waals surface area contributed by atoms with Gasteiger partial charge in [-0.15, -0.1) is 5.10 Å². The van der Waals surface area contributed by atoms with E-state index in [0.29, 0.717) is 35.9 Å². The fraction of sp³-hybridized carbons (Fsp3) is 0.357. The average Bonchev–Trinajstić information content (AvgIpc) is 3.69. The number of benzene rings is 2. The number of aromatic nitrogens is 3. The van der Waals surface area contributed by atoms with Gasteiger partial charge >= 0.3 is 0 Å². The summed E-state index contributed by atoms with van der Waals surface area (Å²) >= 11 is 0. The topological polar surface area (TPSA) is 112 Å². The van der Waals surface area contributed by atoms with Gasteiger partial charge in [-0.25, -0.2) is 4.68 Å². The van der Waals surface area contributed by atoms with E-state index < -0.39 is 6.04 Å². The number of carbonyl (C=O) groups is 2. The van der Waals surface area contributed by atoms with Crippen molar-refractivity contribution in [2.45, 2.75) is 45.0 Å². The van der Waals surface area contributed by atoms with Crippen LogP contribution in [-0.4, -0.2) is 58.1 Å². The van der Waals surface area contributed by atoms with E-state index >= 15 is 0 Å². The van der Waals surface area contributed by atoms with Crippen molar-refractivity contribution in [3.63, 3.8) is 0 Å². The van der Waals surface area contributed by atoms with E-state index in [9.17, 15) is 9.59 Å². The summed E-state index contributed by atoms with van der Waals surface area (Å²) in [5.41, 5.74) is 2.17. The van der Waals surface area contributed by atoms with Crippen molar-refractivity contribution in [3.8, 4) is 5.75 Å². The van der Waals surface area contributed by atoms with Crippen LogP contribution in [0, 0.1) is 6.92 Å². The van der Waals surface area contributed by atoms with Crippen LogP contribution in [0.25, 0.3) is 11.0 Å². The predicted octanol–water partition coefficient (Wildman–Crippen LogP) is 3.41. The summed E-state index contributed by atoms with van der Waals surface area (Å²) in [4.78, 5) is 29.2. The van der Waals surface area contributed by atoms with Crippen molar-refractivity contribution in [1.82, 2.24) is 25.2 Å². The second-order valence-corrected chi connectivity index (χ2v) is 9.30. The molecule has 2 amide bonds. The first kappa shape index (κ1) is 25.5. The molecule has 10 heteroatoms. The molecular formula is C28H31N5O5. The Labute approximate surface area is 220 Å². The third kappa shape index (κ3) is 5.55. The van der Waals surface area contributed by atoms with E-state index in [1.807, 2.05) is 48.5 Å². The number of methoxy groups -OCH3 is 1. The van der Waals surface area contributed by atoms with E-state index in [1.54, 1.807) is 30.8 Å². The lowest BCUT2D eigenvalue weighted by molar-refractivity contribution is -0.143. The molecule has 1 aliphatic heterocycles. The number of aryl methyl sites for hydroxylation is 1. The number of fused-ring (bicyclic) bond motifs is 1. The number of ether oxygens (including phenoxy) is 2. The van der Waals surface area contributed by atoms with E-state index in [2.05, 4.69) is 15.6 Å². The van der Waals surface area contributed by atoms with Gasteiger partial charge < -0.3 is 24.1 Å². The first-order valence-electron chi connectivity index (χ1n) is 12.7. The molecule has 198 valence electrons. The molecule has 1 N–H and O–H groups in total. The summed E-state index contributed by atoms with van der Waals surface area (Å²) in [6.07, 6.45) is 1.80. The van der Waals surface area contributed by atoms with E-state index in [1.165, 1.54) is 4.90 Å². The number of para-hydroxylation sites is 2. The molecule has 10 nitrogen and oxygen atoms in total. The van der Waals surface area contributed by atoms with Gasteiger partial charge in [0.05, 0.1) is 25.3 Å². The molecule has 0 saturated carbocycles. The smallest absolute Gasteiger partial charge is 0.250 e. The number of hydrogen-bond acceptors (Lipinski definition) is 7. The molecule has 2 unspecified atom stereocenters. The molecule has 0 radical (unpaired) electrons. The zero-order valence-electron chi connectivity index (χ0n) is 21.5. The molecule has 5 rings (SSSR count). The van der Waals surface area contributed by atoms with E-state index in [4.69, 9.17) is 13.9 Å². The number of carbonyl (C=O) groups excluding carboxylic acids is 2. The highest BCUT2D eigenvalue weighted by atomic mass is 16.5. The van der Waals surface area contributed by atoms with E-state index in [0.717, 1.165) is 23.9 Å². The van der Waals surface area contributed by atoms with Gasteiger partial charge in [0.15, 0.2) is 6.04 Å². The highest BCUT2D eigenvalue weighted by Crippen LogP contribution is 2.29. The molecule has 2 aromatic heterocycles. The van der Waals surface area contributed by atoms with Crippen LogP contribution in [0.4, 0.5) is 0 Å². The van der Waals surface area contributed by atoms with Crippen LogP contribution in [0.3, 0.4) is 0 Å². The van der Waals surface area contributed by atoms with Gasteiger partial charge in [-0.2, -0.15) is 0 Å². The highest BCUT2D eigenvalue weighted by Gasteiger charge is 2.35. The third-order valence-corrected chi connectivity index (χ3v) is 6.68. The van der Waals surface area contributed by atoms with Gasteiger partial charge in [0, 0.05) is 18.7 Å². The average molecular weight is 518 g/mol. The van der Waals surface area contributed by atoms with Crippen LogP contribution in [0.5, 0.6) is 5.75 Å². The molecule has 1 aliphatic rings. The summed E-state index contributed by atoms with van der Waals surface area (Å²) in [5, 5.41) is 11.3. The van der Waals surface area contributed by atoms with Crippen molar-refractivity contribution >= 4 is 22.8 Å². The lowest BCUT2D eigenvalue weighted by atomic mass is 10.1. The van der Waals surface area contributed by atoms with Gasteiger partial charge in [0.25, 0.3) is 5.91 Å². The van der Waals surface area contributed by atoms with Gasteiger partial charge in [-0.05, 0) is 50.1 Å². The number of nitrogens with one attached hydrogen (secondary N) is 1. The van der Waals surface area contributed by atoms with Crippen molar-refractivity contribution in [3.05, 3.63) is 77.7 Å². The summed E-state index contributed by atoms with van der Waals surface area (Å²) in [6.45, 7) is 2.86. The Hall–Kier alpha value is -4.18. The SMILES string of the molecule is COc1ccccc1CN(C(=O)Cn1nnc2ccccc21)C(C(=O)NCC1CCCO1)c1ccc(C)o1. The Morgan fingerprint density at radius 2 is 1.97 bits per heavy atom. The Kier molecular flexibility index (Phi) is 7.69. The minimum atomic E-state index is -1.02. The largest absolute Gasteiger partial charge is 0.496 e. The lowest BCUT2D eigenvalue weighted by Gasteiger charge is -2.30. The van der Waals surface area contributed by atoms with Crippen molar-refractivity contribution < 1.29 is 23.5 Å². The summed E-state index contributed by atoms with van der Waals surface area (Å²) in [7, 11) is 1.58. The Morgan fingerprint density at radius 3 is 2.74 bits per heavy atom. The molecule has 2 atom stereocenters. The van der Waals surface area contributed by atoms with Gasteiger partial charge in [0.2, 0.25) is 5.91 Å². The molecule has 4 aromatic rings. The van der Waals surface area contributed by atoms with Crippen LogP contribution in [-0.2, 0) is 27.4 Å². The number of hydrogen-bond donors (Lipinski definition) is 1. The fourth-order valence-corrected chi connectivity index (χ4v) is 4.73. The normalized spacial score (nSPS) is 15.9. The first-order chi connectivity index (χ1) is 18.5. The third-order valence-electron chi connectivity index (χ3n) is 6.68. The molecule has 0 aliphatic carbocycles. The van der Waals surface area contributed by atoms with Crippen LogP contribution in [0.2, 0.25) is 0 Å². The molecule has 1 saturated heterocycles. The maximum Gasteiger partial charge on any atom is 0.250 e. The fourth-order valence-electron chi connectivity index (χ4n) is 4.73. The highest BCUT2D eigenvalue weighted by molar-refractivity contribution is 5.89. The van der Waals surface area contributed by atoms with Crippen LogP contribution in [0.1, 0.15) is 36.0 Å². The second-order valence-electron chi connectivity index (χ2n) is 9.30. The van der Waals surface area contributed by atoms with Gasteiger partial charge in [-0.1, -0.05) is 35.5 Å². The molecule has 38 heavy (non-hydrogen) atoms. The van der Waals surface area contributed by atoms with Gasteiger partial charge in [-0.3, -0.25) is 9.59 Å². The Balaban J connectivity index is 1.50. The van der Waals surface area contributed by atoms with Crippen molar-refractivity contribution in [1.29, 1.82) is 0 Å².